The van der Waals surface area contributed by atoms with Crippen LogP contribution in [0.15, 0.2) is 11.6 Å². The summed E-state index contributed by atoms with van der Waals surface area (Å²) in [6.07, 6.45) is 5.31. The molecule has 1 N–H and O–H groups in total. The topological polar surface area (TPSA) is 41.6 Å². The Labute approximate surface area is 123 Å². The van der Waals surface area contributed by atoms with Crippen LogP contribution in [0.3, 0.4) is 0 Å². The first-order valence-corrected chi connectivity index (χ1v) is 7.63. The van der Waals surface area contributed by atoms with E-state index in [4.69, 9.17) is 4.74 Å². The summed E-state index contributed by atoms with van der Waals surface area (Å²) in [6.45, 7) is 12.4. The lowest BCUT2D eigenvalue weighted by Crippen LogP contribution is -2.50. The molecule has 1 aliphatic heterocycles. The van der Waals surface area contributed by atoms with E-state index in [1.807, 2.05) is 25.7 Å². The number of piperidine rings is 1. The van der Waals surface area contributed by atoms with Crippen molar-refractivity contribution in [1.29, 1.82) is 0 Å². The maximum Gasteiger partial charge on any atom is 0.410 e. The van der Waals surface area contributed by atoms with Gasteiger partial charge in [0.1, 0.15) is 5.60 Å². The van der Waals surface area contributed by atoms with Gasteiger partial charge in [0, 0.05) is 25.7 Å². The maximum atomic E-state index is 12.2. The van der Waals surface area contributed by atoms with Crippen molar-refractivity contribution in [3.05, 3.63) is 11.6 Å². The number of rotatable bonds is 4. The number of hydrogen-bond donors (Lipinski definition) is 1. The van der Waals surface area contributed by atoms with Crippen molar-refractivity contribution >= 4 is 6.09 Å². The molecule has 1 amide bonds. The number of hydrogen-bond acceptors (Lipinski definition) is 3. The Morgan fingerprint density at radius 3 is 2.65 bits per heavy atom. The molecule has 1 unspecified atom stereocenters. The Morgan fingerprint density at radius 1 is 1.35 bits per heavy atom. The Balaban J connectivity index is 2.49. The standard InChI is InChI=1S/C16H30N2O2/c1-13(2)9-10-17-12-14-8-6-7-11-18(14)15(19)20-16(3,4)5/h9,14,17H,6-8,10-12H2,1-5H3. The largest absolute Gasteiger partial charge is 0.444 e. The third-order valence-corrected chi connectivity index (χ3v) is 3.29. The lowest BCUT2D eigenvalue weighted by Gasteiger charge is -2.36. The highest BCUT2D eigenvalue weighted by Gasteiger charge is 2.29. The van der Waals surface area contributed by atoms with Gasteiger partial charge < -0.3 is 15.0 Å². The number of amides is 1. The highest BCUT2D eigenvalue weighted by atomic mass is 16.6. The van der Waals surface area contributed by atoms with Crippen molar-refractivity contribution in [2.45, 2.75) is 65.5 Å². The molecule has 0 spiro atoms. The lowest BCUT2D eigenvalue weighted by molar-refractivity contribution is 0.0101. The van der Waals surface area contributed by atoms with Gasteiger partial charge in [0.25, 0.3) is 0 Å². The monoisotopic (exact) mass is 282 g/mol. The summed E-state index contributed by atoms with van der Waals surface area (Å²) in [5, 5.41) is 3.41. The molecular weight excluding hydrogens is 252 g/mol. The highest BCUT2D eigenvalue weighted by Crippen LogP contribution is 2.19. The molecular formula is C16H30N2O2. The number of likely N-dealkylation sites (tertiary alicyclic amines) is 1. The van der Waals surface area contributed by atoms with E-state index in [2.05, 4.69) is 25.2 Å². The zero-order valence-corrected chi connectivity index (χ0v) is 13.7. The molecule has 1 atom stereocenters. The van der Waals surface area contributed by atoms with Crippen LogP contribution in [0.25, 0.3) is 0 Å². The summed E-state index contributed by atoms with van der Waals surface area (Å²) >= 11 is 0. The van der Waals surface area contributed by atoms with Gasteiger partial charge in [0.2, 0.25) is 0 Å². The fourth-order valence-corrected chi connectivity index (χ4v) is 2.30. The molecule has 0 bridgehead atoms. The van der Waals surface area contributed by atoms with Crippen molar-refractivity contribution < 1.29 is 9.53 Å². The van der Waals surface area contributed by atoms with Crippen molar-refractivity contribution in [2.75, 3.05) is 19.6 Å². The van der Waals surface area contributed by atoms with E-state index in [0.717, 1.165) is 32.5 Å². The molecule has 0 saturated carbocycles. The van der Waals surface area contributed by atoms with E-state index in [0.29, 0.717) is 0 Å². The van der Waals surface area contributed by atoms with E-state index >= 15 is 0 Å². The molecule has 0 aliphatic carbocycles. The van der Waals surface area contributed by atoms with Crippen LogP contribution in [-0.4, -0.2) is 42.3 Å². The highest BCUT2D eigenvalue weighted by molar-refractivity contribution is 5.68. The fourth-order valence-electron chi connectivity index (χ4n) is 2.30. The van der Waals surface area contributed by atoms with Crippen molar-refractivity contribution in [3.63, 3.8) is 0 Å². The molecule has 0 radical (unpaired) electrons. The number of carbonyl (C=O) groups excluding carboxylic acids is 1. The van der Waals surface area contributed by atoms with Crippen molar-refractivity contribution in [2.24, 2.45) is 0 Å². The molecule has 1 fully saturated rings. The normalized spacial score (nSPS) is 19.6. The van der Waals surface area contributed by atoms with E-state index in [9.17, 15) is 4.79 Å². The van der Waals surface area contributed by atoms with Crippen LogP contribution in [0.5, 0.6) is 0 Å². The number of nitrogens with zero attached hydrogens (tertiary/aromatic N) is 1. The number of nitrogens with one attached hydrogen (secondary N) is 1. The average Bonchev–Trinajstić information content (AvgIpc) is 2.32. The summed E-state index contributed by atoms with van der Waals surface area (Å²) in [6, 6.07) is 0.254. The summed E-state index contributed by atoms with van der Waals surface area (Å²) in [4.78, 5) is 14.1. The van der Waals surface area contributed by atoms with Crippen molar-refractivity contribution in [3.8, 4) is 0 Å². The van der Waals surface area contributed by atoms with Gasteiger partial charge in [0.15, 0.2) is 0 Å². The Morgan fingerprint density at radius 2 is 2.05 bits per heavy atom. The molecule has 1 saturated heterocycles. The third kappa shape index (κ3) is 6.42. The molecule has 0 aromatic carbocycles. The molecule has 4 heteroatoms. The van der Waals surface area contributed by atoms with Gasteiger partial charge in [-0.05, 0) is 53.9 Å². The number of ether oxygens (including phenoxy) is 1. The molecule has 1 heterocycles. The maximum absolute atomic E-state index is 12.2. The third-order valence-electron chi connectivity index (χ3n) is 3.29. The minimum absolute atomic E-state index is 0.175. The minimum Gasteiger partial charge on any atom is -0.444 e. The number of allylic oxidation sites excluding steroid dienone is 1. The second-order valence-corrected chi connectivity index (χ2v) is 6.76. The SMILES string of the molecule is CC(C)=CCNCC1CCCCN1C(=O)OC(C)(C)C. The molecule has 20 heavy (non-hydrogen) atoms. The van der Waals surface area contributed by atoms with Crippen LogP contribution in [0.1, 0.15) is 53.9 Å². The fraction of sp³-hybridized carbons (Fsp3) is 0.812. The van der Waals surface area contributed by atoms with Gasteiger partial charge in [0.05, 0.1) is 0 Å². The van der Waals surface area contributed by atoms with Crippen LogP contribution in [0.4, 0.5) is 4.79 Å². The first-order chi connectivity index (χ1) is 9.29. The second kappa shape index (κ2) is 7.67. The summed E-state index contributed by atoms with van der Waals surface area (Å²) < 4.78 is 5.50. The smallest absolute Gasteiger partial charge is 0.410 e. The molecule has 4 nitrogen and oxygen atoms in total. The Hall–Kier alpha value is -1.03. The lowest BCUT2D eigenvalue weighted by atomic mass is 10.0. The molecule has 116 valence electrons. The van der Waals surface area contributed by atoms with E-state index in [1.54, 1.807) is 0 Å². The first-order valence-electron chi connectivity index (χ1n) is 7.63. The Bertz CT molecular complexity index is 341. The molecule has 1 aliphatic rings. The van der Waals surface area contributed by atoms with E-state index < -0.39 is 5.60 Å². The van der Waals surface area contributed by atoms with Crippen LogP contribution in [-0.2, 0) is 4.74 Å². The summed E-state index contributed by atoms with van der Waals surface area (Å²) in [5.41, 5.74) is 0.888. The van der Waals surface area contributed by atoms with Crippen LogP contribution < -0.4 is 5.32 Å². The van der Waals surface area contributed by atoms with Crippen molar-refractivity contribution in [1.82, 2.24) is 10.2 Å². The van der Waals surface area contributed by atoms with Crippen LogP contribution in [0, 0.1) is 0 Å². The van der Waals surface area contributed by atoms with Gasteiger partial charge in [-0.1, -0.05) is 11.6 Å². The first kappa shape index (κ1) is 17.0. The van der Waals surface area contributed by atoms with Gasteiger partial charge >= 0.3 is 6.09 Å². The summed E-state index contributed by atoms with van der Waals surface area (Å²) in [7, 11) is 0. The molecule has 0 aromatic rings. The van der Waals surface area contributed by atoms with E-state index in [1.165, 1.54) is 12.0 Å². The zero-order valence-electron chi connectivity index (χ0n) is 13.7. The summed E-state index contributed by atoms with van der Waals surface area (Å²) in [5.74, 6) is 0. The number of carbonyl (C=O) groups is 1. The van der Waals surface area contributed by atoms with Gasteiger partial charge in [-0.25, -0.2) is 4.79 Å². The van der Waals surface area contributed by atoms with Crippen LogP contribution >= 0.6 is 0 Å². The minimum atomic E-state index is -0.422. The average molecular weight is 282 g/mol. The van der Waals surface area contributed by atoms with Gasteiger partial charge in [-0.15, -0.1) is 0 Å². The predicted octanol–water partition coefficient (Wildman–Crippen LogP) is 3.33. The predicted molar refractivity (Wildman–Crippen MR) is 82.9 cm³/mol. The second-order valence-electron chi connectivity index (χ2n) is 6.76. The van der Waals surface area contributed by atoms with Gasteiger partial charge in [-0.2, -0.15) is 0 Å². The quantitative estimate of drug-likeness (QED) is 0.635. The zero-order chi connectivity index (χ0) is 15.2. The molecule has 1 rings (SSSR count). The molecule has 0 aromatic heterocycles. The van der Waals surface area contributed by atoms with Crippen LogP contribution in [0.2, 0.25) is 0 Å². The Kier molecular flexibility index (Phi) is 6.53. The van der Waals surface area contributed by atoms with E-state index in [-0.39, 0.29) is 12.1 Å². The van der Waals surface area contributed by atoms with Gasteiger partial charge in [-0.3, -0.25) is 0 Å².